The first-order valence-corrected chi connectivity index (χ1v) is 8.76. The average Bonchev–Trinajstić information content (AvgIpc) is 2.68. The lowest BCUT2D eigenvalue weighted by Crippen LogP contribution is -2.45. The third-order valence-electron chi connectivity index (χ3n) is 4.21. The topological polar surface area (TPSA) is 91.8 Å². The summed E-state index contributed by atoms with van der Waals surface area (Å²) in [5, 5.41) is 8.48. The van der Waals surface area contributed by atoms with Crippen LogP contribution in [-0.2, 0) is 16.0 Å². The maximum atomic E-state index is 12.6. The van der Waals surface area contributed by atoms with E-state index in [0.717, 1.165) is 12.1 Å². The van der Waals surface area contributed by atoms with Crippen molar-refractivity contribution in [1.82, 2.24) is 5.32 Å². The lowest BCUT2D eigenvalue weighted by Gasteiger charge is -2.21. The first-order chi connectivity index (χ1) is 13.1. The predicted octanol–water partition coefficient (Wildman–Crippen LogP) is 2.55. The van der Waals surface area contributed by atoms with Crippen molar-refractivity contribution in [3.8, 4) is 5.75 Å². The molecule has 0 saturated carbocycles. The maximum Gasteiger partial charge on any atom is 0.249 e. The van der Waals surface area contributed by atoms with Crippen LogP contribution in [0.15, 0.2) is 53.5 Å². The second kappa shape index (κ2) is 8.35. The molecule has 0 bridgehead atoms. The van der Waals surface area contributed by atoms with Gasteiger partial charge in [0.2, 0.25) is 17.8 Å². The maximum absolute atomic E-state index is 12.6. The molecular formula is C20H22N4O3. The van der Waals surface area contributed by atoms with Crippen molar-refractivity contribution in [2.75, 3.05) is 17.7 Å². The van der Waals surface area contributed by atoms with Gasteiger partial charge in [-0.2, -0.15) is 0 Å². The van der Waals surface area contributed by atoms with Crippen LogP contribution in [0.2, 0.25) is 0 Å². The van der Waals surface area contributed by atoms with E-state index in [9.17, 15) is 9.59 Å². The Morgan fingerprint density at radius 3 is 2.67 bits per heavy atom. The number of carbonyl (C=O) groups is 2. The van der Waals surface area contributed by atoms with Crippen LogP contribution in [0, 0.1) is 0 Å². The molecule has 0 saturated heterocycles. The van der Waals surface area contributed by atoms with Gasteiger partial charge in [-0.15, -0.1) is 0 Å². The van der Waals surface area contributed by atoms with Crippen LogP contribution in [-0.4, -0.2) is 30.9 Å². The number of nitrogens with zero attached hydrogens (tertiary/aromatic N) is 1. The van der Waals surface area contributed by atoms with Crippen LogP contribution in [0.4, 0.5) is 11.4 Å². The van der Waals surface area contributed by atoms with E-state index in [1.165, 1.54) is 12.7 Å². The number of aliphatic imine (C=N–C) groups is 1. The van der Waals surface area contributed by atoms with Crippen molar-refractivity contribution in [3.63, 3.8) is 0 Å². The normalized spacial score (nSPS) is 16.1. The lowest BCUT2D eigenvalue weighted by atomic mass is 10.1. The molecule has 140 valence electrons. The molecule has 2 aromatic carbocycles. The second-order valence-electron chi connectivity index (χ2n) is 6.11. The number of amides is 2. The standard InChI is InChI=1S/C20H22N4O3/c1-3-13-8-10-14(11-9-13)21-20-23-16(12-18(25)24-20)19(26)22-15-6-4-5-7-17(15)27-2/h4-11,16H,3,12H2,1-2H3,(H,22,26)(H2,21,23,24,25)/t16-/m0/s1. The Kier molecular flexibility index (Phi) is 5.71. The van der Waals surface area contributed by atoms with Gasteiger partial charge in [0.15, 0.2) is 0 Å². The zero-order valence-electron chi connectivity index (χ0n) is 15.3. The summed E-state index contributed by atoms with van der Waals surface area (Å²) >= 11 is 0. The van der Waals surface area contributed by atoms with E-state index in [4.69, 9.17) is 4.74 Å². The molecule has 27 heavy (non-hydrogen) atoms. The summed E-state index contributed by atoms with van der Waals surface area (Å²) in [5.41, 5.74) is 2.54. The number of aryl methyl sites for hydroxylation is 1. The Morgan fingerprint density at radius 2 is 1.96 bits per heavy atom. The van der Waals surface area contributed by atoms with Gasteiger partial charge in [-0.25, -0.2) is 4.99 Å². The number of methoxy groups -OCH3 is 1. The van der Waals surface area contributed by atoms with Gasteiger partial charge in [0.1, 0.15) is 11.8 Å². The average molecular weight is 366 g/mol. The Labute approximate surface area is 157 Å². The highest BCUT2D eigenvalue weighted by molar-refractivity contribution is 6.10. The lowest BCUT2D eigenvalue weighted by molar-refractivity contribution is -0.124. The molecule has 1 atom stereocenters. The van der Waals surface area contributed by atoms with Crippen LogP contribution >= 0.6 is 0 Å². The number of carbonyl (C=O) groups excluding carboxylic acids is 2. The number of nitrogens with one attached hydrogen (secondary N) is 3. The highest BCUT2D eigenvalue weighted by Crippen LogP contribution is 2.23. The van der Waals surface area contributed by atoms with Gasteiger partial charge in [-0.05, 0) is 36.2 Å². The molecule has 3 rings (SSSR count). The number of rotatable bonds is 5. The first-order valence-electron chi connectivity index (χ1n) is 8.76. The molecule has 0 radical (unpaired) electrons. The summed E-state index contributed by atoms with van der Waals surface area (Å²) in [5.74, 6) is 0.174. The van der Waals surface area contributed by atoms with E-state index >= 15 is 0 Å². The molecular weight excluding hydrogens is 344 g/mol. The molecule has 7 heteroatoms. The van der Waals surface area contributed by atoms with Crippen LogP contribution < -0.4 is 20.7 Å². The molecule has 2 amide bonds. The van der Waals surface area contributed by atoms with E-state index in [-0.39, 0.29) is 24.2 Å². The number of hydrogen-bond acceptors (Lipinski definition) is 5. The van der Waals surface area contributed by atoms with Gasteiger partial charge in [0, 0.05) is 5.69 Å². The minimum absolute atomic E-state index is 0.0130. The van der Waals surface area contributed by atoms with Gasteiger partial charge < -0.3 is 15.4 Å². The zero-order chi connectivity index (χ0) is 19.2. The number of para-hydroxylation sites is 2. The third kappa shape index (κ3) is 4.63. The van der Waals surface area contributed by atoms with Crippen LogP contribution in [0.1, 0.15) is 18.9 Å². The summed E-state index contributed by atoms with van der Waals surface area (Å²) in [7, 11) is 1.53. The van der Waals surface area contributed by atoms with Crippen molar-refractivity contribution >= 4 is 29.1 Å². The second-order valence-corrected chi connectivity index (χ2v) is 6.11. The molecule has 0 spiro atoms. The monoisotopic (exact) mass is 366 g/mol. The number of hydrogen-bond donors (Lipinski definition) is 3. The van der Waals surface area contributed by atoms with Crippen molar-refractivity contribution in [2.45, 2.75) is 25.8 Å². The largest absolute Gasteiger partial charge is 0.495 e. The van der Waals surface area contributed by atoms with Crippen LogP contribution in [0.5, 0.6) is 5.75 Å². The van der Waals surface area contributed by atoms with Crippen LogP contribution in [0.3, 0.4) is 0 Å². The fraction of sp³-hybridized carbons (Fsp3) is 0.250. The number of guanidine groups is 1. The molecule has 2 aromatic rings. The van der Waals surface area contributed by atoms with Gasteiger partial charge in [-0.3, -0.25) is 14.9 Å². The molecule has 1 aliphatic heterocycles. The quantitative estimate of drug-likeness (QED) is 0.758. The fourth-order valence-corrected chi connectivity index (χ4v) is 2.73. The third-order valence-corrected chi connectivity index (χ3v) is 4.21. The van der Waals surface area contributed by atoms with E-state index < -0.39 is 6.04 Å². The molecule has 0 fully saturated rings. The summed E-state index contributed by atoms with van der Waals surface area (Å²) in [6.45, 7) is 2.08. The minimum atomic E-state index is -0.818. The van der Waals surface area contributed by atoms with Crippen molar-refractivity contribution in [1.29, 1.82) is 0 Å². The summed E-state index contributed by atoms with van der Waals surface area (Å²) in [6, 6.07) is 14.1. The van der Waals surface area contributed by atoms with E-state index in [0.29, 0.717) is 11.4 Å². The van der Waals surface area contributed by atoms with Crippen molar-refractivity contribution in [2.24, 2.45) is 4.99 Å². The Hall–Kier alpha value is -3.35. The summed E-state index contributed by atoms with van der Waals surface area (Å²) in [6.07, 6.45) is 0.935. The van der Waals surface area contributed by atoms with Gasteiger partial charge >= 0.3 is 0 Å². The van der Waals surface area contributed by atoms with E-state index in [1.54, 1.807) is 18.2 Å². The fourth-order valence-electron chi connectivity index (χ4n) is 2.73. The molecule has 0 unspecified atom stereocenters. The van der Waals surface area contributed by atoms with Crippen molar-refractivity contribution < 1.29 is 14.3 Å². The number of benzene rings is 2. The summed E-state index contributed by atoms with van der Waals surface area (Å²) < 4.78 is 5.23. The van der Waals surface area contributed by atoms with E-state index in [2.05, 4.69) is 27.9 Å². The predicted molar refractivity (Wildman–Crippen MR) is 105 cm³/mol. The molecule has 1 heterocycles. The smallest absolute Gasteiger partial charge is 0.249 e. The van der Waals surface area contributed by atoms with E-state index in [1.807, 2.05) is 30.3 Å². The molecule has 3 N–H and O–H groups in total. The molecule has 0 aromatic heterocycles. The van der Waals surface area contributed by atoms with Gasteiger partial charge in [0.05, 0.1) is 19.2 Å². The van der Waals surface area contributed by atoms with Gasteiger partial charge in [-0.1, -0.05) is 31.2 Å². The number of ether oxygens (including phenoxy) is 1. The number of anilines is 2. The SMILES string of the molecule is CCc1ccc(NC2=N[C@H](C(=O)Nc3ccccc3OC)CC(=O)N2)cc1. The molecule has 7 nitrogen and oxygen atoms in total. The van der Waals surface area contributed by atoms with Crippen molar-refractivity contribution in [3.05, 3.63) is 54.1 Å². The highest BCUT2D eigenvalue weighted by Gasteiger charge is 2.27. The van der Waals surface area contributed by atoms with Gasteiger partial charge in [0.25, 0.3) is 0 Å². The Morgan fingerprint density at radius 1 is 1.22 bits per heavy atom. The van der Waals surface area contributed by atoms with Crippen LogP contribution in [0.25, 0.3) is 0 Å². The Bertz CT molecular complexity index is 862. The minimum Gasteiger partial charge on any atom is -0.495 e. The first kappa shape index (κ1) is 18.4. The zero-order valence-corrected chi connectivity index (χ0v) is 15.3. The summed E-state index contributed by atoms with van der Waals surface area (Å²) in [4.78, 5) is 28.9. The molecule has 0 aliphatic carbocycles. The molecule has 1 aliphatic rings. The highest BCUT2D eigenvalue weighted by atomic mass is 16.5. The Balaban J connectivity index is 1.73.